The van der Waals surface area contributed by atoms with Crippen LogP contribution in [0.2, 0.25) is 0 Å². The summed E-state index contributed by atoms with van der Waals surface area (Å²) >= 11 is 1.47. The molecule has 0 saturated carbocycles. The third-order valence-corrected chi connectivity index (χ3v) is 6.00. The lowest BCUT2D eigenvalue weighted by molar-refractivity contribution is 0.0713. The molecule has 0 aliphatic carbocycles. The maximum absolute atomic E-state index is 12.9. The van der Waals surface area contributed by atoms with Crippen molar-refractivity contribution in [1.82, 2.24) is 14.5 Å². The molecular formula is C23H28N4O3S. The van der Waals surface area contributed by atoms with Crippen LogP contribution in [-0.2, 0) is 13.1 Å². The highest BCUT2D eigenvalue weighted by Crippen LogP contribution is 2.37. The number of hydrogen-bond donors (Lipinski definition) is 1. The predicted molar refractivity (Wildman–Crippen MR) is 123 cm³/mol. The highest BCUT2D eigenvalue weighted by atomic mass is 32.1. The fourth-order valence-electron chi connectivity index (χ4n) is 3.73. The van der Waals surface area contributed by atoms with Crippen molar-refractivity contribution in [2.24, 2.45) is 0 Å². The summed E-state index contributed by atoms with van der Waals surface area (Å²) in [7, 11) is 3.25. The number of rotatable bonds is 5. The standard InChI is InChI=1S/C23H28N4O3S/c1-23(2,3)25-21-20(15-8-9-16(29-4)17(13-15)30-5)24-19-14-26(10-11-27(19)21)22(28)18-7-6-12-31-18/h6-9,12-13,25H,10-11,14H2,1-5H3. The van der Waals surface area contributed by atoms with E-state index in [9.17, 15) is 4.79 Å². The van der Waals surface area contributed by atoms with E-state index >= 15 is 0 Å². The predicted octanol–water partition coefficient (Wildman–Crippen LogP) is 4.50. The molecule has 1 aromatic carbocycles. The molecule has 0 saturated heterocycles. The van der Waals surface area contributed by atoms with Gasteiger partial charge in [-0.2, -0.15) is 0 Å². The molecule has 8 heteroatoms. The number of carbonyl (C=O) groups is 1. The molecule has 0 fully saturated rings. The molecule has 1 amide bonds. The van der Waals surface area contributed by atoms with Crippen LogP contribution in [0.4, 0.5) is 5.82 Å². The summed E-state index contributed by atoms with van der Waals surface area (Å²) in [5.41, 5.74) is 1.63. The number of nitrogens with zero attached hydrogens (tertiary/aromatic N) is 3. The number of thiophene rings is 1. The minimum Gasteiger partial charge on any atom is -0.493 e. The van der Waals surface area contributed by atoms with E-state index in [1.165, 1.54) is 11.3 Å². The van der Waals surface area contributed by atoms with Gasteiger partial charge < -0.3 is 24.3 Å². The number of carbonyl (C=O) groups excluding carboxylic acids is 1. The van der Waals surface area contributed by atoms with E-state index in [4.69, 9.17) is 14.5 Å². The number of fused-ring (bicyclic) bond motifs is 1. The summed E-state index contributed by atoms with van der Waals surface area (Å²) in [6.07, 6.45) is 0. The van der Waals surface area contributed by atoms with Crippen molar-refractivity contribution in [2.45, 2.75) is 39.4 Å². The summed E-state index contributed by atoms with van der Waals surface area (Å²) in [5.74, 6) is 3.21. The molecule has 1 aliphatic heterocycles. The molecule has 4 rings (SSSR count). The lowest BCUT2D eigenvalue weighted by atomic mass is 10.1. The fourth-order valence-corrected chi connectivity index (χ4v) is 4.42. The summed E-state index contributed by atoms with van der Waals surface area (Å²) in [6.45, 7) is 8.18. The average molecular weight is 441 g/mol. The first kappa shape index (κ1) is 21.2. The smallest absolute Gasteiger partial charge is 0.264 e. The minimum absolute atomic E-state index is 0.0576. The average Bonchev–Trinajstić information content (AvgIpc) is 3.40. The largest absolute Gasteiger partial charge is 0.493 e. The fraction of sp³-hybridized carbons (Fsp3) is 0.391. The van der Waals surface area contributed by atoms with E-state index in [0.29, 0.717) is 31.1 Å². The van der Waals surface area contributed by atoms with Crippen LogP contribution in [0.15, 0.2) is 35.7 Å². The van der Waals surface area contributed by atoms with Gasteiger partial charge in [0.25, 0.3) is 5.91 Å². The minimum atomic E-state index is -0.147. The van der Waals surface area contributed by atoms with Crippen LogP contribution in [0.1, 0.15) is 36.3 Å². The van der Waals surface area contributed by atoms with Crippen molar-refractivity contribution >= 4 is 23.1 Å². The first-order valence-corrected chi connectivity index (χ1v) is 11.1. The third kappa shape index (κ3) is 4.25. The van der Waals surface area contributed by atoms with Crippen molar-refractivity contribution in [2.75, 3.05) is 26.1 Å². The van der Waals surface area contributed by atoms with E-state index in [-0.39, 0.29) is 11.4 Å². The van der Waals surface area contributed by atoms with E-state index in [2.05, 4.69) is 30.7 Å². The van der Waals surface area contributed by atoms with Crippen LogP contribution >= 0.6 is 11.3 Å². The molecule has 0 radical (unpaired) electrons. The van der Waals surface area contributed by atoms with E-state index in [0.717, 1.165) is 27.8 Å². The number of anilines is 1. The zero-order valence-electron chi connectivity index (χ0n) is 18.6. The molecule has 2 aromatic heterocycles. The second kappa shape index (κ2) is 8.26. The van der Waals surface area contributed by atoms with Crippen molar-refractivity contribution < 1.29 is 14.3 Å². The second-order valence-electron chi connectivity index (χ2n) is 8.53. The van der Waals surface area contributed by atoms with Crippen LogP contribution in [0.3, 0.4) is 0 Å². The molecule has 3 aromatic rings. The molecule has 31 heavy (non-hydrogen) atoms. The number of imidazole rings is 1. The van der Waals surface area contributed by atoms with Gasteiger partial charge in [0, 0.05) is 24.2 Å². The van der Waals surface area contributed by atoms with Gasteiger partial charge in [-0.15, -0.1) is 11.3 Å². The van der Waals surface area contributed by atoms with Crippen molar-refractivity contribution in [3.63, 3.8) is 0 Å². The van der Waals surface area contributed by atoms with Crippen LogP contribution < -0.4 is 14.8 Å². The van der Waals surface area contributed by atoms with Crippen LogP contribution in [0, 0.1) is 0 Å². The van der Waals surface area contributed by atoms with Crippen LogP contribution in [0.5, 0.6) is 11.5 Å². The zero-order chi connectivity index (χ0) is 22.2. The Morgan fingerprint density at radius 1 is 1.13 bits per heavy atom. The van der Waals surface area contributed by atoms with Gasteiger partial charge in [0.05, 0.1) is 25.6 Å². The van der Waals surface area contributed by atoms with E-state index in [1.54, 1.807) is 14.2 Å². The molecule has 0 bridgehead atoms. The summed E-state index contributed by atoms with van der Waals surface area (Å²) in [6, 6.07) is 9.59. The lowest BCUT2D eigenvalue weighted by Crippen LogP contribution is -2.39. The molecule has 1 N–H and O–H groups in total. The Kier molecular flexibility index (Phi) is 5.66. The third-order valence-electron chi connectivity index (χ3n) is 5.14. The molecule has 0 unspecified atom stereocenters. The van der Waals surface area contributed by atoms with Gasteiger partial charge in [-0.05, 0) is 50.4 Å². The van der Waals surface area contributed by atoms with Crippen molar-refractivity contribution in [1.29, 1.82) is 0 Å². The lowest BCUT2D eigenvalue weighted by Gasteiger charge is -2.30. The zero-order valence-corrected chi connectivity index (χ0v) is 19.4. The Hall–Kier alpha value is -3.00. The Morgan fingerprint density at radius 3 is 2.55 bits per heavy atom. The van der Waals surface area contributed by atoms with E-state index < -0.39 is 0 Å². The van der Waals surface area contributed by atoms with Crippen molar-refractivity contribution in [3.05, 3.63) is 46.4 Å². The molecule has 1 aliphatic rings. The number of aromatic nitrogens is 2. The van der Waals surface area contributed by atoms with Gasteiger partial charge in [0.1, 0.15) is 17.3 Å². The normalized spacial score (nSPS) is 13.6. The molecule has 7 nitrogen and oxygen atoms in total. The van der Waals surface area contributed by atoms with Gasteiger partial charge in [-0.3, -0.25) is 4.79 Å². The van der Waals surface area contributed by atoms with Gasteiger partial charge in [-0.1, -0.05) is 6.07 Å². The monoisotopic (exact) mass is 440 g/mol. The summed E-state index contributed by atoms with van der Waals surface area (Å²) in [4.78, 5) is 20.5. The Morgan fingerprint density at radius 2 is 1.90 bits per heavy atom. The molecule has 0 atom stereocenters. The highest BCUT2D eigenvalue weighted by Gasteiger charge is 2.29. The quantitative estimate of drug-likeness (QED) is 0.633. The maximum atomic E-state index is 12.9. The molecule has 164 valence electrons. The van der Waals surface area contributed by atoms with Gasteiger partial charge in [0.15, 0.2) is 11.5 Å². The Labute approximate surface area is 186 Å². The highest BCUT2D eigenvalue weighted by molar-refractivity contribution is 7.12. The Balaban J connectivity index is 1.74. The number of benzene rings is 1. The van der Waals surface area contributed by atoms with Crippen LogP contribution in [0.25, 0.3) is 11.3 Å². The number of methoxy groups -OCH3 is 2. The molecule has 0 spiro atoms. The first-order chi connectivity index (χ1) is 14.8. The SMILES string of the molecule is COc1ccc(-c2nc3n(c2NC(C)(C)C)CCN(C(=O)c2cccs2)C3)cc1OC. The second-order valence-corrected chi connectivity index (χ2v) is 9.47. The summed E-state index contributed by atoms with van der Waals surface area (Å²) < 4.78 is 13.1. The molecule has 3 heterocycles. The Bertz CT molecular complexity index is 1080. The number of amides is 1. The first-order valence-electron chi connectivity index (χ1n) is 10.2. The van der Waals surface area contributed by atoms with Gasteiger partial charge >= 0.3 is 0 Å². The van der Waals surface area contributed by atoms with Gasteiger partial charge in [-0.25, -0.2) is 4.98 Å². The van der Waals surface area contributed by atoms with Crippen LogP contribution in [-0.4, -0.2) is 46.7 Å². The number of hydrogen-bond acceptors (Lipinski definition) is 6. The topological polar surface area (TPSA) is 68.6 Å². The van der Waals surface area contributed by atoms with Crippen molar-refractivity contribution in [3.8, 4) is 22.8 Å². The number of ether oxygens (including phenoxy) is 2. The van der Waals surface area contributed by atoms with E-state index in [1.807, 2.05) is 40.6 Å². The van der Waals surface area contributed by atoms with Gasteiger partial charge in [0.2, 0.25) is 0 Å². The number of nitrogens with one attached hydrogen (secondary N) is 1. The summed E-state index contributed by atoms with van der Waals surface area (Å²) in [5, 5.41) is 5.55. The maximum Gasteiger partial charge on any atom is 0.264 e. The molecular weight excluding hydrogens is 412 g/mol.